The smallest absolute Gasteiger partial charge is 0.0991 e. The summed E-state index contributed by atoms with van der Waals surface area (Å²) in [6.07, 6.45) is 21.1. The molecule has 0 bridgehead atoms. The van der Waals surface area contributed by atoms with Crippen molar-refractivity contribution in [3.63, 3.8) is 0 Å². The van der Waals surface area contributed by atoms with E-state index in [1.54, 1.807) is 0 Å². The molecule has 146 valence electrons. The lowest BCUT2D eigenvalue weighted by atomic mass is 9.68. The molecule has 0 aromatic heterocycles. The van der Waals surface area contributed by atoms with E-state index in [1.807, 2.05) is 30.4 Å². The predicted molar refractivity (Wildman–Crippen MR) is 114 cm³/mol. The highest BCUT2D eigenvalue weighted by molar-refractivity contribution is 5.33. The van der Waals surface area contributed by atoms with Crippen LogP contribution in [0.3, 0.4) is 0 Å². The molecule has 2 saturated carbocycles. The molecule has 0 saturated heterocycles. The minimum absolute atomic E-state index is 0.696. The Kier molecular flexibility index (Phi) is 7.93. The molecule has 0 atom stereocenters. The van der Waals surface area contributed by atoms with Crippen molar-refractivity contribution in [1.29, 1.82) is 10.5 Å². The number of hydrogen-bond acceptors (Lipinski definition) is 2. The normalized spacial score (nSPS) is 28.2. The lowest BCUT2D eigenvalue weighted by Crippen LogP contribution is -2.25. The van der Waals surface area contributed by atoms with Crippen LogP contribution in [-0.2, 0) is 0 Å². The molecule has 0 amide bonds. The summed E-state index contributed by atoms with van der Waals surface area (Å²) >= 11 is 0. The first-order valence-electron chi connectivity index (χ1n) is 11.0. The van der Waals surface area contributed by atoms with Crippen LogP contribution in [0.4, 0.5) is 0 Å². The minimum Gasteiger partial charge on any atom is -0.193 e. The number of allylic oxidation sites excluding steroid dienone is 4. The molecule has 0 aliphatic heterocycles. The Balaban J connectivity index is 1.37. The van der Waals surface area contributed by atoms with E-state index in [0.29, 0.717) is 5.92 Å². The van der Waals surface area contributed by atoms with Crippen LogP contribution in [0.2, 0.25) is 0 Å². The SMILES string of the molecule is N#C/C=C/C=C/CCC1CCC(C2CCC(c3ccc(C#N)cc3)CC2)CC1. The predicted octanol–water partition coefficient (Wildman–Crippen LogP) is 7.05. The fourth-order valence-corrected chi connectivity index (χ4v) is 5.31. The zero-order valence-corrected chi connectivity index (χ0v) is 16.9. The summed E-state index contributed by atoms with van der Waals surface area (Å²) in [5.41, 5.74) is 2.20. The van der Waals surface area contributed by atoms with Crippen LogP contribution in [0, 0.1) is 40.4 Å². The summed E-state index contributed by atoms with van der Waals surface area (Å²) in [6, 6.07) is 12.5. The second kappa shape index (κ2) is 10.9. The third-order valence-electron chi connectivity index (χ3n) is 7.00. The summed E-state index contributed by atoms with van der Waals surface area (Å²) in [5, 5.41) is 17.4. The second-order valence-electron chi connectivity index (χ2n) is 8.62. The first kappa shape index (κ1) is 20.4. The van der Waals surface area contributed by atoms with Gasteiger partial charge in [0.05, 0.1) is 17.7 Å². The van der Waals surface area contributed by atoms with E-state index in [9.17, 15) is 0 Å². The van der Waals surface area contributed by atoms with Gasteiger partial charge in [0.1, 0.15) is 0 Å². The lowest BCUT2D eigenvalue weighted by Gasteiger charge is -2.38. The van der Waals surface area contributed by atoms with Gasteiger partial charge in [0.15, 0.2) is 0 Å². The standard InChI is InChI=1S/C26H32N2/c27-19-5-3-1-2-4-6-21-7-11-23(12-8-21)25-15-17-26(18-16-25)24-13-9-22(20-28)10-14-24/h1-3,5,9-10,13-14,21,23,25-26H,4,6-8,11-12,15-18H2/b2-1+,5-3+. The topological polar surface area (TPSA) is 47.6 Å². The van der Waals surface area contributed by atoms with E-state index < -0.39 is 0 Å². The van der Waals surface area contributed by atoms with E-state index in [2.05, 4.69) is 24.3 Å². The van der Waals surface area contributed by atoms with E-state index in [-0.39, 0.29) is 0 Å². The van der Waals surface area contributed by atoms with Crippen molar-refractivity contribution in [2.45, 2.75) is 70.1 Å². The fourth-order valence-electron chi connectivity index (χ4n) is 5.31. The van der Waals surface area contributed by atoms with Gasteiger partial charge in [0.25, 0.3) is 0 Å². The molecule has 2 aliphatic carbocycles. The van der Waals surface area contributed by atoms with Gasteiger partial charge in [-0.15, -0.1) is 0 Å². The van der Waals surface area contributed by atoms with E-state index in [4.69, 9.17) is 10.5 Å². The Hall–Kier alpha value is -2.32. The molecule has 0 N–H and O–H groups in total. The van der Waals surface area contributed by atoms with Crippen molar-refractivity contribution < 1.29 is 0 Å². The van der Waals surface area contributed by atoms with E-state index in [1.165, 1.54) is 69.4 Å². The van der Waals surface area contributed by atoms with Gasteiger partial charge in [-0.1, -0.05) is 43.2 Å². The molecule has 2 aliphatic rings. The highest BCUT2D eigenvalue weighted by atomic mass is 14.4. The monoisotopic (exact) mass is 372 g/mol. The Morgan fingerprint density at radius 2 is 1.46 bits per heavy atom. The zero-order chi connectivity index (χ0) is 19.6. The average molecular weight is 373 g/mol. The number of nitrogens with zero attached hydrogens (tertiary/aromatic N) is 2. The molecule has 0 heterocycles. The first-order valence-corrected chi connectivity index (χ1v) is 11.0. The number of nitriles is 2. The Bertz CT molecular complexity index is 728. The molecule has 2 heteroatoms. The maximum atomic E-state index is 8.96. The van der Waals surface area contributed by atoms with Gasteiger partial charge < -0.3 is 0 Å². The average Bonchev–Trinajstić information content (AvgIpc) is 2.77. The third kappa shape index (κ3) is 5.84. The Morgan fingerprint density at radius 1 is 0.821 bits per heavy atom. The highest BCUT2D eigenvalue weighted by Gasteiger charge is 2.31. The van der Waals surface area contributed by atoms with Crippen molar-refractivity contribution in [1.82, 2.24) is 0 Å². The zero-order valence-electron chi connectivity index (χ0n) is 16.9. The van der Waals surface area contributed by atoms with Crippen molar-refractivity contribution in [2.24, 2.45) is 17.8 Å². The quantitative estimate of drug-likeness (QED) is 0.396. The van der Waals surface area contributed by atoms with Crippen LogP contribution in [0.1, 0.15) is 81.3 Å². The largest absolute Gasteiger partial charge is 0.193 e. The lowest BCUT2D eigenvalue weighted by molar-refractivity contribution is 0.157. The van der Waals surface area contributed by atoms with Gasteiger partial charge in [0.2, 0.25) is 0 Å². The number of benzene rings is 1. The van der Waals surface area contributed by atoms with Gasteiger partial charge >= 0.3 is 0 Å². The molecule has 1 aromatic rings. The summed E-state index contributed by atoms with van der Waals surface area (Å²) < 4.78 is 0. The highest BCUT2D eigenvalue weighted by Crippen LogP contribution is 2.44. The molecule has 0 spiro atoms. The van der Waals surface area contributed by atoms with E-state index >= 15 is 0 Å². The van der Waals surface area contributed by atoms with Crippen LogP contribution in [0.25, 0.3) is 0 Å². The van der Waals surface area contributed by atoms with Gasteiger partial charge in [-0.2, -0.15) is 10.5 Å². The van der Waals surface area contributed by atoms with Gasteiger partial charge in [0, 0.05) is 6.08 Å². The molecule has 0 radical (unpaired) electrons. The Morgan fingerprint density at radius 3 is 2.07 bits per heavy atom. The molecular formula is C26H32N2. The summed E-state index contributed by atoms with van der Waals surface area (Å²) in [5.74, 6) is 3.48. The molecule has 0 unspecified atom stereocenters. The summed E-state index contributed by atoms with van der Waals surface area (Å²) in [6.45, 7) is 0. The molecular weight excluding hydrogens is 340 g/mol. The van der Waals surface area contributed by atoms with Gasteiger partial charge in [-0.05, 0) is 92.7 Å². The number of rotatable bonds is 6. The van der Waals surface area contributed by atoms with Crippen molar-refractivity contribution in [2.75, 3.05) is 0 Å². The third-order valence-corrected chi connectivity index (χ3v) is 7.00. The molecule has 1 aromatic carbocycles. The van der Waals surface area contributed by atoms with Crippen LogP contribution < -0.4 is 0 Å². The summed E-state index contributed by atoms with van der Waals surface area (Å²) in [4.78, 5) is 0. The molecule has 2 nitrogen and oxygen atoms in total. The van der Waals surface area contributed by atoms with Crippen LogP contribution in [0.15, 0.2) is 48.6 Å². The van der Waals surface area contributed by atoms with Crippen molar-refractivity contribution in [3.8, 4) is 12.1 Å². The fraction of sp³-hybridized carbons (Fsp3) is 0.538. The van der Waals surface area contributed by atoms with Crippen molar-refractivity contribution >= 4 is 0 Å². The molecule has 2 fully saturated rings. The first-order chi connectivity index (χ1) is 13.8. The van der Waals surface area contributed by atoms with Crippen molar-refractivity contribution in [3.05, 3.63) is 59.7 Å². The van der Waals surface area contributed by atoms with E-state index in [0.717, 1.165) is 29.7 Å². The minimum atomic E-state index is 0.696. The number of hydrogen-bond donors (Lipinski definition) is 0. The maximum absolute atomic E-state index is 8.96. The maximum Gasteiger partial charge on any atom is 0.0991 e. The van der Waals surface area contributed by atoms with Crippen LogP contribution in [-0.4, -0.2) is 0 Å². The van der Waals surface area contributed by atoms with Crippen LogP contribution >= 0.6 is 0 Å². The van der Waals surface area contributed by atoms with Gasteiger partial charge in [-0.3, -0.25) is 0 Å². The van der Waals surface area contributed by atoms with Gasteiger partial charge in [-0.25, -0.2) is 0 Å². The molecule has 28 heavy (non-hydrogen) atoms. The second-order valence-corrected chi connectivity index (χ2v) is 8.62. The summed E-state index contributed by atoms with van der Waals surface area (Å²) in [7, 11) is 0. The Labute approximate surface area is 170 Å². The van der Waals surface area contributed by atoms with Crippen LogP contribution in [0.5, 0.6) is 0 Å². The molecule has 3 rings (SSSR count).